The molecule has 0 spiro atoms. The van der Waals surface area contributed by atoms with E-state index in [1.165, 1.54) is 24.3 Å². The topological polar surface area (TPSA) is 142 Å². The van der Waals surface area contributed by atoms with Crippen LogP contribution >= 0.6 is 14.3 Å². The zero-order valence-electron chi connectivity index (χ0n) is 24.8. The van der Waals surface area contributed by atoms with Gasteiger partial charge >= 0.3 is 12.1 Å². The van der Waals surface area contributed by atoms with Gasteiger partial charge in [0.15, 0.2) is 0 Å². The zero-order chi connectivity index (χ0) is 32.3. The molecule has 1 aliphatic carbocycles. The first-order valence-corrected chi connectivity index (χ1v) is 18.5. The minimum absolute atomic E-state index is 0.0359. The number of hydrogen-bond acceptors (Lipinski definition) is 8. The minimum atomic E-state index is -3.32. The summed E-state index contributed by atoms with van der Waals surface area (Å²) in [6.07, 6.45) is 4.34. The van der Waals surface area contributed by atoms with Crippen molar-refractivity contribution in [3.8, 4) is 11.1 Å². The number of amides is 1. The van der Waals surface area contributed by atoms with Gasteiger partial charge in [0, 0.05) is 37.0 Å². The molecule has 0 saturated heterocycles. The Morgan fingerprint density at radius 3 is 1.73 bits per heavy atom. The Morgan fingerprint density at radius 1 is 0.818 bits per heavy atom. The third-order valence-corrected chi connectivity index (χ3v) is 15.5. The summed E-state index contributed by atoms with van der Waals surface area (Å²) in [5, 5.41) is 2.68. The van der Waals surface area contributed by atoms with Gasteiger partial charge < -0.3 is 29.7 Å². The SMILES string of the molecule is C=CCP(=O)(CC=C)C(NC(=O)CC[C@H](N)C(=O)OC(=O)OCC1c2ccccc2-c2ccccc21)P(=O)(CC=C)CC=C. The second kappa shape index (κ2) is 15.8. The smallest absolute Gasteiger partial charge is 0.433 e. The maximum absolute atomic E-state index is 14.0. The number of rotatable bonds is 17. The summed E-state index contributed by atoms with van der Waals surface area (Å²) in [5.74, 6) is -1.88. The summed E-state index contributed by atoms with van der Waals surface area (Å²) in [7, 11) is -6.64. The van der Waals surface area contributed by atoms with E-state index in [-0.39, 0.29) is 50.0 Å². The van der Waals surface area contributed by atoms with Gasteiger partial charge in [0.05, 0.1) is 0 Å². The Balaban J connectivity index is 1.60. The Labute approximate surface area is 259 Å². The molecule has 3 rings (SSSR count). The molecule has 1 aliphatic rings. The van der Waals surface area contributed by atoms with Gasteiger partial charge in [0.1, 0.15) is 32.5 Å². The second-order valence-corrected chi connectivity index (χ2v) is 17.3. The molecule has 0 radical (unpaired) electrons. The highest BCUT2D eigenvalue weighted by Crippen LogP contribution is 2.67. The van der Waals surface area contributed by atoms with E-state index in [0.29, 0.717) is 0 Å². The Morgan fingerprint density at radius 2 is 1.27 bits per heavy atom. The number of fused-ring (bicyclic) bond motifs is 3. The normalized spacial score (nSPS) is 13.2. The lowest BCUT2D eigenvalue weighted by molar-refractivity contribution is -0.141. The van der Waals surface area contributed by atoms with Gasteiger partial charge in [-0.1, -0.05) is 72.8 Å². The van der Waals surface area contributed by atoms with Crippen LogP contribution in [0.5, 0.6) is 0 Å². The quantitative estimate of drug-likeness (QED) is 0.0871. The van der Waals surface area contributed by atoms with E-state index in [1.54, 1.807) is 0 Å². The first-order valence-electron chi connectivity index (χ1n) is 14.2. The minimum Gasteiger partial charge on any atom is -0.433 e. The van der Waals surface area contributed by atoms with Crippen LogP contribution in [0.4, 0.5) is 4.79 Å². The van der Waals surface area contributed by atoms with Crippen molar-refractivity contribution in [2.45, 2.75) is 30.3 Å². The van der Waals surface area contributed by atoms with Gasteiger partial charge in [-0.25, -0.2) is 9.59 Å². The Bertz CT molecular complexity index is 1410. The molecule has 0 saturated carbocycles. The first-order chi connectivity index (χ1) is 21.0. The molecule has 44 heavy (non-hydrogen) atoms. The monoisotopic (exact) mass is 638 g/mol. The van der Waals surface area contributed by atoms with Crippen LogP contribution in [0, 0.1) is 0 Å². The molecule has 0 unspecified atom stereocenters. The number of carbonyl (C=O) groups is 3. The molecule has 11 heteroatoms. The van der Waals surface area contributed by atoms with Gasteiger partial charge in [-0.05, 0) is 28.7 Å². The molecule has 0 heterocycles. The highest BCUT2D eigenvalue weighted by molar-refractivity contribution is 7.82. The average Bonchev–Trinajstić information content (AvgIpc) is 3.31. The molecule has 0 bridgehead atoms. The molecular weight excluding hydrogens is 598 g/mol. The number of carbonyl (C=O) groups excluding carboxylic acids is 3. The van der Waals surface area contributed by atoms with Crippen molar-refractivity contribution in [1.29, 1.82) is 0 Å². The third-order valence-electron chi connectivity index (χ3n) is 7.43. The number of benzene rings is 2. The van der Waals surface area contributed by atoms with E-state index >= 15 is 0 Å². The maximum Gasteiger partial charge on any atom is 0.516 e. The number of ether oxygens (including phenoxy) is 2. The molecule has 1 atom stereocenters. The molecule has 0 aliphatic heterocycles. The van der Waals surface area contributed by atoms with Gasteiger partial charge in [-0.15, -0.1) is 26.3 Å². The fourth-order valence-corrected chi connectivity index (χ4v) is 13.2. The predicted molar refractivity (Wildman–Crippen MR) is 176 cm³/mol. The lowest BCUT2D eigenvalue weighted by Crippen LogP contribution is -2.39. The lowest BCUT2D eigenvalue weighted by atomic mass is 9.98. The fourth-order valence-electron chi connectivity index (χ4n) is 5.44. The highest BCUT2D eigenvalue weighted by atomic mass is 31.2. The van der Waals surface area contributed by atoms with Crippen molar-refractivity contribution in [2.24, 2.45) is 5.73 Å². The summed E-state index contributed by atoms with van der Waals surface area (Å²) >= 11 is 0. The highest BCUT2D eigenvalue weighted by Gasteiger charge is 2.44. The van der Waals surface area contributed by atoms with Crippen molar-refractivity contribution in [2.75, 3.05) is 31.3 Å². The standard InChI is InChI=1S/C33H40N2O7P2/c1-5-19-43(39,20-6-2)32(44(40,21-7-3)22-8-4)35-30(36)18-17-29(34)31(37)42-33(38)41-23-28-26-15-11-9-13-24(26)25-14-10-12-16-27(25)28/h5-16,28-29,32H,1-4,17-23,34H2,(H,35,36)/t29-/m0/s1. The lowest BCUT2D eigenvalue weighted by Gasteiger charge is -2.33. The van der Waals surface area contributed by atoms with Crippen LogP contribution in [0.1, 0.15) is 29.9 Å². The number of hydrogen-bond donors (Lipinski definition) is 2. The van der Waals surface area contributed by atoms with Crippen molar-refractivity contribution in [3.63, 3.8) is 0 Å². The number of esters is 1. The van der Waals surface area contributed by atoms with E-state index < -0.39 is 43.9 Å². The zero-order valence-corrected chi connectivity index (χ0v) is 26.6. The summed E-state index contributed by atoms with van der Waals surface area (Å²) in [6, 6.07) is 14.3. The van der Waals surface area contributed by atoms with Gasteiger partial charge in [-0.2, -0.15) is 0 Å². The van der Waals surface area contributed by atoms with Crippen molar-refractivity contribution >= 4 is 32.3 Å². The molecule has 3 N–H and O–H groups in total. The first kappa shape index (κ1) is 34.7. The summed E-state index contributed by atoms with van der Waals surface area (Å²) < 4.78 is 38.0. The van der Waals surface area contributed by atoms with E-state index in [2.05, 4.69) is 31.6 Å². The van der Waals surface area contributed by atoms with Gasteiger partial charge in [0.2, 0.25) is 5.91 Å². The molecular formula is C33H40N2O7P2. The summed E-state index contributed by atoms with van der Waals surface area (Å²) in [6.45, 7) is 14.6. The summed E-state index contributed by atoms with van der Waals surface area (Å²) in [5.41, 5.74) is 8.88. The van der Waals surface area contributed by atoms with E-state index in [0.717, 1.165) is 22.3 Å². The largest absolute Gasteiger partial charge is 0.516 e. The number of allylic oxidation sites excluding steroid dienone is 4. The van der Waals surface area contributed by atoms with Crippen LogP contribution in [0.3, 0.4) is 0 Å². The number of nitrogens with one attached hydrogen (secondary N) is 1. The van der Waals surface area contributed by atoms with Gasteiger partial charge in [0.25, 0.3) is 0 Å². The molecule has 1 amide bonds. The van der Waals surface area contributed by atoms with Crippen molar-refractivity contribution in [3.05, 3.63) is 110 Å². The molecule has 2 aromatic rings. The van der Waals surface area contributed by atoms with Crippen molar-refractivity contribution in [1.82, 2.24) is 5.32 Å². The van der Waals surface area contributed by atoms with Gasteiger partial charge in [-0.3, -0.25) is 4.79 Å². The van der Waals surface area contributed by atoms with Crippen LogP contribution in [0.25, 0.3) is 11.1 Å². The van der Waals surface area contributed by atoms with Crippen LogP contribution in [0.15, 0.2) is 99.2 Å². The molecule has 9 nitrogen and oxygen atoms in total. The van der Waals surface area contributed by atoms with Crippen LogP contribution in [-0.4, -0.2) is 60.9 Å². The van der Waals surface area contributed by atoms with Crippen LogP contribution < -0.4 is 11.1 Å². The number of nitrogens with two attached hydrogens (primary N) is 1. The van der Waals surface area contributed by atoms with Crippen LogP contribution in [0.2, 0.25) is 0 Å². The second-order valence-electron chi connectivity index (χ2n) is 10.6. The fraction of sp³-hybridized carbons (Fsp3) is 0.303. The maximum atomic E-state index is 14.0. The predicted octanol–water partition coefficient (Wildman–Crippen LogP) is 6.46. The third kappa shape index (κ3) is 8.23. The molecule has 0 aromatic heterocycles. The molecule has 2 aromatic carbocycles. The van der Waals surface area contributed by atoms with E-state index in [9.17, 15) is 23.5 Å². The Kier molecular flexibility index (Phi) is 12.5. The summed E-state index contributed by atoms with van der Waals surface area (Å²) in [4.78, 5) is 37.9. The Hall–Kier alpha value is -3.77. The molecule has 234 valence electrons. The van der Waals surface area contributed by atoms with Crippen molar-refractivity contribution < 1.29 is 33.0 Å². The molecule has 0 fully saturated rings. The average molecular weight is 639 g/mol. The van der Waals surface area contributed by atoms with E-state index in [1.807, 2.05) is 48.5 Å². The van der Waals surface area contributed by atoms with E-state index in [4.69, 9.17) is 15.2 Å². The van der Waals surface area contributed by atoms with Crippen LogP contribution in [-0.2, 0) is 28.2 Å².